The number of hydrogen-bond acceptors (Lipinski definition) is 3. The number of halogens is 2. The highest BCUT2D eigenvalue weighted by Gasteiger charge is 2.15. The predicted octanol–water partition coefficient (Wildman–Crippen LogP) is 4.24. The smallest absolute Gasteiger partial charge is 0.337 e. The Labute approximate surface area is 147 Å². The van der Waals surface area contributed by atoms with E-state index >= 15 is 0 Å². The lowest BCUT2D eigenvalue weighted by Crippen LogP contribution is -2.16. The zero-order valence-electron chi connectivity index (χ0n) is 12.1. The number of nitriles is 1. The van der Waals surface area contributed by atoms with Crippen molar-refractivity contribution in [3.8, 4) is 6.07 Å². The molecule has 0 aliphatic heterocycles. The van der Waals surface area contributed by atoms with E-state index in [1.165, 1.54) is 24.3 Å². The van der Waals surface area contributed by atoms with Gasteiger partial charge in [0.15, 0.2) is 0 Å². The SMILES string of the molecule is N#C/C(=C\c1cccc(Cl)c1Cl)C(=O)Nc1ccccc1C(=O)O. The molecule has 2 rings (SSSR count). The number of nitrogens with zero attached hydrogens (tertiary/aromatic N) is 1. The summed E-state index contributed by atoms with van der Waals surface area (Å²) in [7, 11) is 0. The van der Waals surface area contributed by atoms with Crippen molar-refractivity contribution in [2.75, 3.05) is 5.32 Å². The van der Waals surface area contributed by atoms with Gasteiger partial charge in [0.05, 0.1) is 21.3 Å². The number of anilines is 1. The molecule has 2 N–H and O–H groups in total. The largest absolute Gasteiger partial charge is 0.478 e. The van der Waals surface area contributed by atoms with Crippen molar-refractivity contribution < 1.29 is 14.7 Å². The Kier molecular flexibility index (Phi) is 5.59. The molecule has 0 bridgehead atoms. The van der Waals surface area contributed by atoms with E-state index in [9.17, 15) is 14.9 Å². The van der Waals surface area contributed by atoms with Crippen molar-refractivity contribution in [3.63, 3.8) is 0 Å². The second-order valence-corrected chi connectivity index (χ2v) is 5.40. The van der Waals surface area contributed by atoms with Crippen LogP contribution in [0.2, 0.25) is 10.0 Å². The number of benzene rings is 2. The first-order chi connectivity index (χ1) is 11.4. The first-order valence-electron chi connectivity index (χ1n) is 6.63. The average molecular weight is 361 g/mol. The first kappa shape index (κ1) is 17.5. The van der Waals surface area contributed by atoms with Crippen LogP contribution in [0.4, 0.5) is 5.69 Å². The number of carboxylic acid groups (broad SMARTS) is 1. The van der Waals surface area contributed by atoms with Gasteiger partial charge in [0, 0.05) is 0 Å². The summed E-state index contributed by atoms with van der Waals surface area (Å²) in [5.41, 5.74) is 0.180. The standard InChI is InChI=1S/C17H10Cl2N2O3/c18-13-6-3-4-10(15(13)19)8-11(9-20)16(22)21-14-7-2-1-5-12(14)17(23)24/h1-8H,(H,21,22)(H,23,24)/b11-8+. The molecule has 2 aromatic rings. The van der Waals surface area contributed by atoms with Crippen LogP contribution in [0.15, 0.2) is 48.0 Å². The van der Waals surface area contributed by atoms with Crippen LogP contribution < -0.4 is 5.32 Å². The van der Waals surface area contributed by atoms with Gasteiger partial charge in [-0.15, -0.1) is 0 Å². The van der Waals surface area contributed by atoms with Gasteiger partial charge in [-0.05, 0) is 29.8 Å². The molecule has 2 aromatic carbocycles. The van der Waals surface area contributed by atoms with Crippen molar-refractivity contribution >= 4 is 46.8 Å². The molecule has 0 aromatic heterocycles. The minimum absolute atomic E-state index is 0.0797. The van der Waals surface area contributed by atoms with Gasteiger partial charge in [0.2, 0.25) is 0 Å². The molecule has 120 valence electrons. The first-order valence-corrected chi connectivity index (χ1v) is 7.39. The highest BCUT2D eigenvalue weighted by atomic mass is 35.5. The van der Waals surface area contributed by atoms with E-state index in [1.54, 1.807) is 30.3 Å². The Morgan fingerprint density at radius 2 is 1.83 bits per heavy atom. The van der Waals surface area contributed by atoms with Crippen molar-refractivity contribution in [1.82, 2.24) is 0 Å². The van der Waals surface area contributed by atoms with E-state index in [-0.39, 0.29) is 21.8 Å². The third kappa shape index (κ3) is 3.93. The molecule has 0 heterocycles. The van der Waals surface area contributed by atoms with Gasteiger partial charge in [0.1, 0.15) is 11.6 Å². The molecule has 5 nitrogen and oxygen atoms in total. The third-order valence-corrected chi connectivity index (χ3v) is 3.89. The minimum Gasteiger partial charge on any atom is -0.478 e. The second-order valence-electron chi connectivity index (χ2n) is 4.62. The Morgan fingerprint density at radius 3 is 2.50 bits per heavy atom. The quantitative estimate of drug-likeness (QED) is 0.630. The maximum Gasteiger partial charge on any atom is 0.337 e. The van der Waals surface area contributed by atoms with Crippen molar-refractivity contribution in [1.29, 1.82) is 5.26 Å². The van der Waals surface area contributed by atoms with Crippen LogP contribution >= 0.6 is 23.2 Å². The van der Waals surface area contributed by atoms with E-state index < -0.39 is 11.9 Å². The molecular formula is C17H10Cl2N2O3. The normalized spacial score (nSPS) is 10.8. The molecule has 24 heavy (non-hydrogen) atoms. The van der Waals surface area contributed by atoms with E-state index in [2.05, 4.69) is 5.32 Å². The summed E-state index contributed by atoms with van der Waals surface area (Å²) < 4.78 is 0. The molecule has 0 atom stereocenters. The summed E-state index contributed by atoms with van der Waals surface area (Å²) in [6.45, 7) is 0. The van der Waals surface area contributed by atoms with E-state index in [4.69, 9.17) is 28.3 Å². The topological polar surface area (TPSA) is 90.2 Å². The Balaban J connectivity index is 2.34. The number of rotatable bonds is 4. The van der Waals surface area contributed by atoms with Gasteiger partial charge in [-0.25, -0.2) is 4.79 Å². The van der Waals surface area contributed by atoms with Crippen LogP contribution in [0.1, 0.15) is 15.9 Å². The Morgan fingerprint density at radius 1 is 1.12 bits per heavy atom. The Bertz CT molecular complexity index is 886. The summed E-state index contributed by atoms with van der Waals surface area (Å²) in [4.78, 5) is 23.4. The molecule has 0 saturated heterocycles. The van der Waals surface area contributed by atoms with Crippen LogP contribution in [0, 0.1) is 11.3 Å². The summed E-state index contributed by atoms with van der Waals surface area (Å²) in [5.74, 6) is -1.94. The monoisotopic (exact) mass is 360 g/mol. The van der Waals surface area contributed by atoms with Crippen molar-refractivity contribution in [2.24, 2.45) is 0 Å². The number of carbonyl (C=O) groups excluding carboxylic acids is 1. The van der Waals surface area contributed by atoms with Gasteiger partial charge in [-0.1, -0.05) is 47.5 Å². The summed E-state index contributed by atoms with van der Waals surface area (Å²) in [6, 6.07) is 12.5. The lowest BCUT2D eigenvalue weighted by atomic mass is 10.1. The molecule has 0 radical (unpaired) electrons. The fourth-order valence-corrected chi connectivity index (χ4v) is 2.27. The molecular weight excluding hydrogens is 351 g/mol. The molecule has 0 aliphatic carbocycles. The summed E-state index contributed by atoms with van der Waals surface area (Å²) in [6.07, 6.45) is 1.28. The van der Waals surface area contributed by atoms with Gasteiger partial charge in [0.25, 0.3) is 5.91 Å². The number of amides is 1. The van der Waals surface area contributed by atoms with E-state index in [1.807, 2.05) is 0 Å². The van der Waals surface area contributed by atoms with E-state index in [0.717, 1.165) is 0 Å². The minimum atomic E-state index is -1.19. The summed E-state index contributed by atoms with van der Waals surface area (Å²) >= 11 is 11.9. The van der Waals surface area contributed by atoms with Crippen molar-refractivity contribution in [2.45, 2.75) is 0 Å². The van der Waals surface area contributed by atoms with Crippen LogP contribution in [0.3, 0.4) is 0 Å². The lowest BCUT2D eigenvalue weighted by molar-refractivity contribution is -0.112. The number of para-hydroxylation sites is 1. The third-order valence-electron chi connectivity index (χ3n) is 3.05. The molecule has 0 aliphatic rings. The van der Waals surface area contributed by atoms with Gasteiger partial charge in [-0.3, -0.25) is 4.79 Å². The van der Waals surface area contributed by atoms with Crippen LogP contribution in [-0.2, 0) is 4.79 Å². The zero-order chi connectivity index (χ0) is 17.7. The molecule has 7 heteroatoms. The molecule has 0 unspecified atom stereocenters. The maximum atomic E-state index is 12.2. The fraction of sp³-hybridized carbons (Fsp3) is 0. The molecule has 1 amide bonds. The predicted molar refractivity (Wildman–Crippen MR) is 92.1 cm³/mol. The number of carbonyl (C=O) groups is 2. The van der Waals surface area contributed by atoms with Gasteiger partial charge in [-0.2, -0.15) is 5.26 Å². The van der Waals surface area contributed by atoms with Crippen LogP contribution in [0.5, 0.6) is 0 Å². The number of aromatic carboxylic acids is 1. The lowest BCUT2D eigenvalue weighted by Gasteiger charge is -2.08. The number of hydrogen-bond donors (Lipinski definition) is 2. The van der Waals surface area contributed by atoms with Crippen molar-refractivity contribution in [3.05, 3.63) is 69.2 Å². The summed E-state index contributed by atoms with van der Waals surface area (Å²) in [5, 5.41) is 21.2. The highest BCUT2D eigenvalue weighted by molar-refractivity contribution is 6.43. The van der Waals surface area contributed by atoms with Crippen LogP contribution in [-0.4, -0.2) is 17.0 Å². The van der Waals surface area contributed by atoms with Gasteiger partial charge < -0.3 is 10.4 Å². The fourth-order valence-electron chi connectivity index (χ4n) is 1.90. The Hall–Kier alpha value is -2.81. The highest BCUT2D eigenvalue weighted by Crippen LogP contribution is 2.27. The van der Waals surface area contributed by atoms with Crippen LogP contribution in [0.25, 0.3) is 6.08 Å². The second kappa shape index (κ2) is 7.64. The number of carboxylic acids is 1. The number of nitrogens with one attached hydrogen (secondary N) is 1. The maximum absolute atomic E-state index is 12.2. The molecule has 0 saturated carbocycles. The van der Waals surface area contributed by atoms with E-state index in [0.29, 0.717) is 10.6 Å². The zero-order valence-corrected chi connectivity index (χ0v) is 13.6. The average Bonchev–Trinajstić information content (AvgIpc) is 2.56. The van der Waals surface area contributed by atoms with Gasteiger partial charge >= 0.3 is 5.97 Å². The molecule has 0 fully saturated rings. The molecule has 0 spiro atoms.